The van der Waals surface area contributed by atoms with Gasteiger partial charge in [0.25, 0.3) is 5.91 Å². The smallest absolute Gasteiger partial charge is 0.416 e. The van der Waals surface area contributed by atoms with Crippen LogP contribution in [0.4, 0.5) is 24.5 Å². The van der Waals surface area contributed by atoms with Gasteiger partial charge < -0.3 is 15.8 Å². The van der Waals surface area contributed by atoms with Crippen molar-refractivity contribution < 1.29 is 32.3 Å². The molecule has 1 amide bonds. The summed E-state index contributed by atoms with van der Waals surface area (Å²) < 4.78 is 42.9. The van der Waals surface area contributed by atoms with Crippen LogP contribution in [0.15, 0.2) is 42.5 Å². The first-order chi connectivity index (χ1) is 13.0. The normalized spacial score (nSPS) is 12.2. The highest BCUT2D eigenvalue weighted by molar-refractivity contribution is 6.00. The first-order valence-corrected chi connectivity index (χ1v) is 8.08. The van der Waals surface area contributed by atoms with Gasteiger partial charge in [0.15, 0.2) is 11.9 Å². The zero-order chi connectivity index (χ0) is 21.1. The number of esters is 1. The Labute approximate surface area is 158 Å². The third-order valence-corrected chi connectivity index (χ3v) is 3.79. The van der Waals surface area contributed by atoms with Crippen LogP contribution in [0.1, 0.15) is 40.1 Å². The molecule has 28 heavy (non-hydrogen) atoms. The quantitative estimate of drug-likeness (QED) is 0.458. The van der Waals surface area contributed by atoms with E-state index in [9.17, 15) is 27.6 Å². The van der Waals surface area contributed by atoms with Gasteiger partial charge in [-0.1, -0.05) is 12.1 Å². The zero-order valence-electron chi connectivity index (χ0n) is 15.0. The van der Waals surface area contributed by atoms with Gasteiger partial charge in [-0.3, -0.25) is 9.59 Å². The molecule has 0 saturated heterocycles. The van der Waals surface area contributed by atoms with E-state index in [0.29, 0.717) is 23.4 Å². The van der Waals surface area contributed by atoms with Crippen LogP contribution in [0.3, 0.4) is 0 Å². The minimum Gasteiger partial charge on any atom is -0.449 e. The van der Waals surface area contributed by atoms with Gasteiger partial charge in [-0.05, 0) is 44.2 Å². The monoisotopic (exact) mass is 394 g/mol. The van der Waals surface area contributed by atoms with Crippen LogP contribution in [0.25, 0.3) is 0 Å². The first-order valence-electron chi connectivity index (χ1n) is 8.08. The Bertz CT molecular complexity index is 926. The average molecular weight is 394 g/mol. The van der Waals surface area contributed by atoms with E-state index in [1.165, 1.54) is 19.9 Å². The second kappa shape index (κ2) is 8.12. The van der Waals surface area contributed by atoms with Crippen molar-refractivity contribution in [3.8, 4) is 0 Å². The molecule has 3 N–H and O–H groups in total. The molecular weight excluding hydrogens is 377 g/mol. The van der Waals surface area contributed by atoms with Crippen molar-refractivity contribution in [2.45, 2.75) is 26.1 Å². The number of rotatable bonds is 5. The summed E-state index contributed by atoms with van der Waals surface area (Å²) in [4.78, 5) is 35.7. The van der Waals surface area contributed by atoms with Crippen LogP contribution in [-0.2, 0) is 15.7 Å². The predicted molar refractivity (Wildman–Crippen MR) is 95.8 cm³/mol. The summed E-state index contributed by atoms with van der Waals surface area (Å²) in [5.74, 6) is -1.90. The molecule has 0 heterocycles. The number of carbonyl (C=O) groups excluding carboxylic acids is 3. The summed E-state index contributed by atoms with van der Waals surface area (Å²) in [6.45, 7) is 2.67. The van der Waals surface area contributed by atoms with Gasteiger partial charge in [-0.15, -0.1) is 0 Å². The number of ketones is 1. The molecule has 148 valence electrons. The molecular formula is C19H17F3N2O4. The molecule has 0 spiro atoms. The van der Waals surface area contributed by atoms with Crippen molar-refractivity contribution in [3.63, 3.8) is 0 Å². The number of nitrogen functional groups attached to an aromatic ring is 1. The molecule has 2 aromatic rings. The molecule has 0 bridgehead atoms. The van der Waals surface area contributed by atoms with E-state index < -0.39 is 35.4 Å². The number of ether oxygens (including phenoxy) is 1. The number of Topliss-reactive ketones (excluding diaryl/α,β-unsaturated/α-hetero) is 1. The van der Waals surface area contributed by atoms with Gasteiger partial charge in [0.2, 0.25) is 0 Å². The summed E-state index contributed by atoms with van der Waals surface area (Å²) >= 11 is 0. The summed E-state index contributed by atoms with van der Waals surface area (Å²) in [6, 6.07) is 8.37. The van der Waals surface area contributed by atoms with Crippen molar-refractivity contribution in [1.82, 2.24) is 0 Å². The van der Waals surface area contributed by atoms with E-state index >= 15 is 0 Å². The van der Waals surface area contributed by atoms with Crippen molar-refractivity contribution in [1.29, 1.82) is 0 Å². The maximum absolute atomic E-state index is 12.7. The van der Waals surface area contributed by atoms with E-state index in [1.807, 2.05) is 0 Å². The first kappa shape index (κ1) is 20.9. The molecule has 1 atom stereocenters. The maximum atomic E-state index is 12.7. The van der Waals surface area contributed by atoms with Gasteiger partial charge >= 0.3 is 12.1 Å². The number of amides is 1. The van der Waals surface area contributed by atoms with E-state index in [2.05, 4.69) is 5.32 Å². The number of nitrogens with one attached hydrogen (secondary N) is 1. The molecule has 0 aliphatic rings. The van der Waals surface area contributed by atoms with Crippen LogP contribution in [-0.4, -0.2) is 23.8 Å². The number of benzene rings is 2. The number of halogens is 3. The van der Waals surface area contributed by atoms with Crippen molar-refractivity contribution in [2.24, 2.45) is 0 Å². The molecule has 2 aromatic carbocycles. The molecule has 2 rings (SSSR count). The number of hydrogen-bond acceptors (Lipinski definition) is 5. The van der Waals surface area contributed by atoms with E-state index in [4.69, 9.17) is 10.5 Å². The Balaban J connectivity index is 2.06. The lowest BCUT2D eigenvalue weighted by molar-refractivity contribution is -0.137. The largest absolute Gasteiger partial charge is 0.449 e. The van der Waals surface area contributed by atoms with Crippen LogP contribution in [0.5, 0.6) is 0 Å². The minimum absolute atomic E-state index is 0.187. The fourth-order valence-corrected chi connectivity index (χ4v) is 2.26. The van der Waals surface area contributed by atoms with Gasteiger partial charge in [0.05, 0.1) is 11.1 Å². The van der Waals surface area contributed by atoms with Gasteiger partial charge in [0.1, 0.15) is 0 Å². The van der Waals surface area contributed by atoms with Crippen molar-refractivity contribution in [2.75, 3.05) is 11.1 Å². The van der Waals surface area contributed by atoms with Crippen LogP contribution < -0.4 is 11.1 Å². The zero-order valence-corrected chi connectivity index (χ0v) is 15.0. The molecule has 0 aliphatic carbocycles. The third kappa shape index (κ3) is 5.09. The lowest BCUT2D eigenvalue weighted by Gasteiger charge is -2.15. The summed E-state index contributed by atoms with van der Waals surface area (Å²) in [5, 5.41) is 2.49. The Hall–Kier alpha value is -3.36. The Morgan fingerprint density at radius 2 is 1.79 bits per heavy atom. The molecule has 0 saturated carbocycles. The van der Waals surface area contributed by atoms with Gasteiger partial charge in [-0.2, -0.15) is 13.2 Å². The third-order valence-electron chi connectivity index (χ3n) is 3.79. The van der Waals surface area contributed by atoms with Crippen LogP contribution >= 0.6 is 0 Å². The topological polar surface area (TPSA) is 98.5 Å². The van der Waals surface area contributed by atoms with Crippen molar-refractivity contribution in [3.05, 3.63) is 59.2 Å². The van der Waals surface area contributed by atoms with E-state index in [0.717, 1.165) is 6.07 Å². The van der Waals surface area contributed by atoms with Crippen molar-refractivity contribution >= 4 is 29.0 Å². The highest BCUT2D eigenvalue weighted by atomic mass is 19.4. The SMILES string of the molecule is CC(=O)c1cccc(NC(=O)[C@H](C)OC(=O)c2ccc(C(F)(F)F)cc2N)c1. The fraction of sp³-hybridized carbons (Fsp3) is 0.211. The number of anilines is 2. The molecule has 0 aliphatic heterocycles. The molecule has 9 heteroatoms. The van der Waals surface area contributed by atoms with Crippen LogP contribution in [0, 0.1) is 0 Å². The van der Waals surface area contributed by atoms with Gasteiger partial charge in [-0.25, -0.2) is 4.79 Å². The predicted octanol–water partition coefficient (Wildman–Crippen LogP) is 3.67. The summed E-state index contributed by atoms with van der Waals surface area (Å²) in [5.41, 5.74) is 4.52. The molecule has 0 radical (unpaired) electrons. The van der Waals surface area contributed by atoms with E-state index in [1.54, 1.807) is 18.2 Å². The molecule has 6 nitrogen and oxygen atoms in total. The highest BCUT2D eigenvalue weighted by Gasteiger charge is 2.31. The summed E-state index contributed by atoms with van der Waals surface area (Å²) in [7, 11) is 0. The van der Waals surface area contributed by atoms with Gasteiger partial charge in [0, 0.05) is 16.9 Å². The average Bonchev–Trinajstić information content (AvgIpc) is 2.60. The number of alkyl halides is 3. The lowest BCUT2D eigenvalue weighted by Crippen LogP contribution is -2.30. The lowest BCUT2D eigenvalue weighted by atomic mass is 10.1. The standard InChI is InChI=1S/C19H17F3N2O4/c1-10(25)12-4-3-5-14(8-12)24-17(26)11(2)28-18(27)15-7-6-13(9-16(15)23)19(20,21)22/h3-9,11H,23H2,1-2H3,(H,24,26)/t11-/m0/s1. The minimum atomic E-state index is -4.60. The number of hydrogen-bond donors (Lipinski definition) is 2. The molecule has 0 unspecified atom stereocenters. The number of carbonyl (C=O) groups is 3. The fourth-order valence-electron chi connectivity index (χ4n) is 2.26. The maximum Gasteiger partial charge on any atom is 0.416 e. The number of nitrogens with two attached hydrogens (primary N) is 1. The summed E-state index contributed by atoms with van der Waals surface area (Å²) in [6.07, 6.45) is -5.85. The molecule has 0 aromatic heterocycles. The Morgan fingerprint density at radius 1 is 1.11 bits per heavy atom. The van der Waals surface area contributed by atoms with Crippen LogP contribution in [0.2, 0.25) is 0 Å². The second-order valence-electron chi connectivity index (χ2n) is 5.97. The Kier molecular flexibility index (Phi) is 6.07. The Morgan fingerprint density at radius 3 is 2.36 bits per heavy atom. The molecule has 0 fully saturated rings. The van der Waals surface area contributed by atoms with E-state index in [-0.39, 0.29) is 11.3 Å². The highest BCUT2D eigenvalue weighted by Crippen LogP contribution is 2.31. The second-order valence-corrected chi connectivity index (χ2v) is 5.97.